The average molecular weight is 531 g/mol. The van der Waals surface area contributed by atoms with E-state index in [1.54, 1.807) is 0 Å². The third-order valence-corrected chi connectivity index (χ3v) is 9.86. The van der Waals surface area contributed by atoms with Crippen molar-refractivity contribution in [3.8, 4) is 0 Å². The van der Waals surface area contributed by atoms with Crippen LogP contribution in [-0.4, -0.2) is 50.0 Å². The Labute approximate surface area is 208 Å². The van der Waals surface area contributed by atoms with E-state index in [0.29, 0.717) is 24.3 Å². The highest BCUT2D eigenvalue weighted by molar-refractivity contribution is 7.92. The fourth-order valence-corrected chi connectivity index (χ4v) is 7.85. The van der Waals surface area contributed by atoms with Crippen molar-refractivity contribution in [1.29, 1.82) is 0 Å². The van der Waals surface area contributed by atoms with E-state index in [9.17, 15) is 12.8 Å². The van der Waals surface area contributed by atoms with Crippen molar-refractivity contribution in [1.82, 2.24) is 9.88 Å². The standard InChI is InChI=1S/C23H26Cl2F2N4O2S/c1-14-4-3-10-31(14)17-7-8-23(17)9-11-30(13-23)16-12-15(24)22(21(27)20(16)25)34(32,33)29-19-6-2-5-18(26)28-19/h2,5-6,12,14,17H,3-4,7-11,13H2,1H3,(H,28,29)/t14-,17-,23-/m0/s1. The molecule has 11 heteroatoms. The molecule has 3 heterocycles. The van der Waals surface area contributed by atoms with Crippen LogP contribution in [0.25, 0.3) is 0 Å². The van der Waals surface area contributed by atoms with Crippen molar-refractivity contribution in [3.05, 3.63) is 46.1 Å². The predicted octanol–water partition coefficient (Wildman–Crippen LogP) is 5.31. The van der Waals surface area contributed by atoms with Gasteiger partial charge in [-0.3, -0.25) is 9.62 Å². The Kier molecular flexibility index (Phi) is 6.19. The van der Waals surface area contributed by atoms with Crippen molar-refractivity contribution in [3.63, 3.8) is 0 Å². The summed E-state index contributed by atoms with van der Waals surface area (Å²) in [6.45, 7) is 4.83. The van der Waals surface area contributed by atoms with Gasteiger partial charge in [0.1, 0.15) is 15.7 Å². The predicted molar refractivity (Wildman–Crippen MR) is 129 cm³/mol. The molecule has 1 aromatic carbocycles. The zero-order valence-electron chi connectivity index (χ0n) is 18.7. The first-order valence-electron chi connectivity index (χ1n) is 11.4. The van der Waals surface area contributed by atoms with Crippen LogP contribution >= 0.6 is 23.2 Å². The summed E-state index contributed by atoms with van der Waals surface area (Å²) in [5.74, 6) is -2.29. The van der Waals surface area contributed by atoms with Crippen LogP contribution in [0.3, 0.4) is 0 Å². The Hall–Kier alpha value is -1.68. The van der Waals surface area contributed by atoms with E-state index >= 15 is 4.39 Å². The summed E-state index contributed by atoms with van der Waals surface area (Å²) in [5, 5.41) is -0.584. The highest BCUT2D eigenvalue weighted by Gasteiger charge is 2.54. The molecule has 6 nitrogen and oxygen atoms in total. The van der Waals surface area contributed by atoms with Gasteiger partial charge >= 0.3 is 0 Å². The quantitative estimate of drug-likeness (QED) is 0.419. The van der Waals surface area contributed by atoms with Gasteiger partial charge in [0.2, 0.25) is 5.95 Å². The van der Waals surface area contributed by atoms with Crippen molar-refractivity contribution in [2.45, 2.75) is 56.0 Å². The van der Waals surface area contributed by atoms with Crippen molar-refractivity contribution in [2.75, 3.05) is 29.3 Å². The molecular formula is C23H26Cl2F2N4O2S. The van der Waals surface area contributed by atoms with Crippen LogP contribution in [0.5, 0.6) is 0 Å². The number of hydrogen-bond acceptors (Lipinski definition) is 5. The molecule has 1 aromatic heterocycles. The molecule has 2 saturated heterocycles. The molecule has 3 aliphatic rings. The number of benzene rings is 1. The molecule has 3 fully saturated rings. The summed E-state index contributed by atoms with van der Waals surface area (Å²) in [4.78, 5) is 7.30. The number of halogens is 4. The van der Waals surface area contributed by atoms with Crippen LogP contribution in [0.15, 0.2) is 29.2 Å². The van der Waals surface area contributed by atoms with Crippen LogP contribution < -0.4 is 9.62 Å². The lowest BCUT2D eigenvalue weighted by Crippen LogP contribution is -2.57. The van der Waals surface area contributed by atoms with Gasteiger partial charge in [0.05, 0.1) is 10.7 Å². The van der Waals surface area contributed by atoms with E-state index in [4.69, 9.17) is 23.2 Å². The minimum atomic E-state index is -4.49. The second-order valence-corrected chi connectivity index (χ2v) is 12.0. The van der Waals surface area contributed by atoms with Gasteiger partial charge in [-0.2, -0.15) is 4.39 Å². The molecule has 2 aromatic rings. The van der Waals surface area contributed by atoms with Gasteiger partial charge in [-0.1, -0.05) is 29.3 Å². The summed E-state index contributed by atoms with van der Waals surface area (Å²) in [6.07, 6.45) is 5.70. The topological polar surface area (TPSA) is 65.5 Å². The lowest BCUT2D eigenvalue weighted by Gasteiger charge is -2.53. The molecule has 1 N–H and O–H groups in total. The van der Waals surface area contributed by atoms with Gasteiger partial charge in [-0.15, -0.1) is 0 Å². The molecule has 5 rings (SSSR count). The molecule has 0 amide bonds. The van der Waals surface area contributed by atoms with Crippen molar-refractivity contribution >= 4 is 44.7 Å². The first-order valence-corrected chi connectivity index (χ1v) is 13.7. The monoisotopic (exact) mass is 530 g/mol. The van der Waals surface area contributed by atoms with Crippen molar-refractivity contribution < 1.29 is 17.2 Å². The van der Waals surface area contributed by atoms with E-state index in [1.165, 1.54) is 31.0 Å². The third-order valence-electron chi connectivity index (χ3n) is 7.67. The van der Waals surface area contributed by atoms with Crippen molar-refractivity contribution in [2.24, 2.45) is 5.41 Å². The van der Waals surface area contributed by atoms with Crippen LogP contribution in [0.4, 0.5) is 20.3 Å². The zero-order valence-corrected chi connectivity index (χ0v) is 21.0. The zero-order chi connectivity index (χ0) is 24.3. The van der Waals surface area contributed by atoms with E-state index in [2.05, 4.69) is 21.5 Å². The molecule has 0 bridgehead atoms. The minimum absolute atomic E-state index is 0.139. The number of likely N-dealkylation sites (tertiary alicyclic amines) is 1. The number of aromatic nitrogens is 1. The molecule has 34 heavy (non-hydrogen) atoms. The smallest absolute Gasteiger partial charge is 0.267 e. The summed E-state index contributed by atoms with van der Waals surface area (Å²) < 4.78 is 56.5. The van der Waals surface area contributed by atoms with Gasteiger partial charge < -0.3 is 4.90 Å². The lowest BCUT2D eigenvalue weighted by molar-refractivity contribution is -0.0152. The lowest BCUT2D eigenvalue weighted by atomic mass is 9.63. The summed E-state index contributed by atoms with van der Waals surface area (Å²) in [7, 11) is -4.49. The average Bonchev–Trinajstić information content (AvgIpc) is 3.38. The van der Waals surface area contributed by atoms with E-state index in [1.807, 2.05) is 4.90 Å². The maximum Gasteiger partial charge on any atom is 0.267 e. The molecule has 1 aliphatic carbocycles. The normalized spacial score (nSPS) is 27.4. The van der Waals surface area contributed by atoms with Crippen LogP contribution in [0.2, 0.25) is 10.0 Å². The second-order valence-electron chi connectivity index (χ2n) is 9.60. The van der Waals surface area contributed by atoms with E-state index in [0.717, 1.165) is 38.4 Å². The maximum atomic E-state index is 15.4. The molecule has 0 radical (unpaired) electrons. The minimum Gasteiger partial charge on any atom is -0.370 e. The van der Waals surface area contributed by atoms with Crippen LogP contribution in [-0.2, 0) is 10.0 Å². The molecule has 2 aliphatic heterocycles. The molecule has 3 atom stereocenters. The second kappa shape index (κ2) is 8.76. The molecule has 1 spiro atoms. The van der Waals surface area contributed by atoms with Gasteiger partial charge in [0.15, 0.2) is 5.82 Å². The number of rotatable bonds is 5. The third kappa shape index (κ3) is 4.04. The Morgan fingerprint density at radius 2 is 1.97 bits per heavy atom. The van der Waals surface area contributed by atoms with Gasteiger partial charge in [0, 0.05) is 30.6 Å². The number of nitrogens with one attached hydrogen (secondary N) is 1. The Morgan fingerprint density at radius 3 is 2.62 bits per heavy atom. The first-order chi connectivity index (χ1) is 16.1. The Bertz CT molecular complexity index is 1230. The number of anilines is 2. The summed E-state index contributed by atoms with van der Waals surface area (Å²) >= 11 is 12.7. The largest absolute Gasteiger partial charge is 0.370 e. The van der Waals surface area contributed by atoms with Crippen LogP contribution in [0, 0.1) is 17.2 Å². The maximum absolute atomic E-state index is 15.4. The molecule has 1 saturated carbocycles. The highest BCUT2D eigenvalue weighted by atomic mass is 35.5. The highest BCUT2D eigenvalue weighted by Crippen LogP contribution is 2.53. The number of hydrogen-bond donors (Lipinski definition) is 1. The van der Waals surface area contributed by atoms with Gasteiger partial charge in [-0.05, 0) is 63.8 Å². The first kappa shape index (κ1) is 24.0. The fourth-order valence-electron chi connectivity index (χ4n) is 5.89. The van der Waals surface area contributed by atoms with Gasteiger partial charge in [0.25, 0.3) is 10.0 Å². The molecule has 0 unspecified atom stereocenters. The molecular weight excluding hydrogens is 505 g/mol. The van der Waals surface area contributed by atoms with E-state index < -0.39 is 26.7 Å². The number of sulfonamides is 1. The number of nitrogens with zero attached hydrogens (tertiary/aromatic N) is 3. The molecule has 184 valence electrons. The Morgan fingerprint density at radius 1 is 1.18 bits per heavy atom. The number of pyridine rings is 1. The summed E-state index contributed by atoms with van der Waals surface area (Å²) in [5.41, 5.74) is 0.532. The van der Waals surface area contributed by atoms with Crippen LogP contribution in [0.1, 0.15) is 39.0 Å². The van der Waals surface area contributed by atoms with E-state index in [-0.39, 0.29) is 21.3 Å². The Balaban J connectivity index is 1.40. The summed E-state index contributed by atoms with van der Waals surface area (Å²) in [6, 6.07) is 6.10. The van der Waals surface area contributed by atoms with Gasteiger partial charge in [-0.25, -0.2) is 17.8 Å². The SMILES string of the molecule is C[C@H]1CCCN1[C@H]1CC[C@@]12CCN(c1cc(Cl)c(S(=O)(=O)Nc3cccc(F)n3)c(F)c1Cl)C2. The fraction of sp³-hybridized carbons (Fsp3) is 0.522.